The Morgan fingerprint density at radius 2 is 1.83 bits per heavy atom. The fourth-order valence-electron chi connectivity index (χ4n) is 2.77. The lowest BCUT2D eigenvalue weighted by Crippen LogP contribution is -2.26. The van der Waals surface area contributed by atoms with Gasteiger partial charge in [-0.05, 0) is 79.6 Å². The van der Waals surface area contributed by atoms with Crippen molar-refractivity contribution in [1.29, 1.82) is 0 Å². The Balaban J connectivity index is 1.48. The van der Waals surface area contributed by atoms with E-state index in [-0.39, 0.29) is 22.4 Å². The van der Waals surface area contributed by atoms with Gasteiger partial charge >= 0.3 is 0 Å². The molecule has 3 aromatic rings. The van der Waals surface area contributed by atoms with E-state index in [4.69, 9.17) is 0 Å². The molecule has 0 bridgehead atoms. The number of carbonyl (C=O) groups excluding carboxylic acids is 1. The highest BCUT2D eigenvalue weighted by Crippen LogP contribution is 2.28. The van der Waals surface area contributed by atoms with E-state index in [0.717, 1.165) is 23.3 Å². The molecule has 1 heterocycles. The van der Waals surface area contributed by atoms with Crippen molar-refractivity contribution >= 4 is 33.4 Å². The number of benzene rings is 2. The van der Waals surface area contributed by atoms with Crippen LogP contribution in [-0.4, -0.2) is 30.3 Å². The molecule has 2 N–H and O–H groups in total. The van der Waals surface area contributed by atoms with Crippen LogP contribution in [-0.2, 0) is 10.0 Å². The number of sulfonamides is 1. The van der Waals surface area contributed by atoms with Gasteiger partial charge in [-0.15, -0.1) is 0 Å². The third-order valence-corrected chi connectivity index (χ3v) is 6.90. The maximum absolute atomic E-state index is 12.7. The zero-order chi connectivity index (χ0) is 21.1. The first kappa shape index (κ1) is 20.5. The SMILES string of the molecule is Cc1cc(Sc2ncccn2)ccc1NC(=O)c1cccc(S(=O)(=O)NC2CC2)c1. The molecule has 0 atom stereocenters. The third kappa shape index (κ3) is 5.05. The maximum Gasteiger partial charge on any atom is 0.255 e. The minimum Gasteiger partial charge on any atom is -0.322 e. The lowest BCUT2D eigenvalue weighted by Gasteiger charge is -2.11. The second kappa shape index (κ2) is 8.55. The summed E-state index contributed by atoms with van der Waals surface area (Å²) in [7, 11) is -3.61. The van der Waals surface area contributed by atoms with Crippen LogP contribution in [0.4, 0.5) is 5.69 Å². The van der Waals surface area contributed by atoms with Crippen molar-refractivity contribution in [3.8, 4) is 0 Å². The number of aromatic nitrogens is 2. The molecule has 2 aromatic carbocycles. The van der Waals surface area contributed by atoms with E-state index in [1.807, 2.05) is 25.1 Å². The second-order valence-electron chi connectivity index (χ2n) is 6.99. The average Bonchev–Trinajstić information content (AvgIpc) is 3.54. The van der Waals surface area contributed by atoms with Gasteiger partial charge < -0.3 is 5.32 Å². The summed E-state index contributed by atoms with van der Waals surface area (Å²) in [5.74, 6) is -0.367. The van der Waals surface area contributed by atoms with E-state index in [9.17, 15) is 13.2 Å². The van der Waals surface area contributed by atoms with Crippen molar-refractivity contribution in [2.24, 2.45) is 0 Å². The Kier molecular flexibility index (Phi) is 5.85. The van der Waals surface area contributed by atoms with Crippen LogP contribution in [0.15, 0.2) is 75.9 Å². The van der Waals surface area contributed by atoms with Gasteiger partial charge in [0.25, 0.3) is 5.91 Å². The van der Waals surface area contributed by atoms with E-state index in [0.29, 0.717) is 10.8 Å². The Morgan fingerprint density at radius 1 is 1.07 bits per heavy atom. The predicted molar refractivity (Wildman–Crippen MR) is 115 cm³/mol. The van der Waals surface area contributed by atoms with Crippen LogP contribution in [0.2, 0.25) is 0 Å². The number of carbonyl (C=O) groups is 1. The zero-order valence-corrected chi connectivity index (χ0v) is 17.8. The standard InChI is InChI=1S/C21H20N4O3S2/c1-14-12-17(29-21-22-10-3-11-23-21)8-9-19(14)24-20(26)15-4-2-5-18(13-15)30(27,28)25-16-6-7-16/h2-5,8-13,16,25H,6-7H2,1H3,(H,24,26). The summed E-state index contributed by atoms with van der Waals surface area (Å²) in [6.07, 6.45) is 5.07. The second-order valence-corrected chi connectivity index (χ2v) is 9.74. The van der Waals surface area contributed by atoms with Crippen LogP contribution in [0.5, 0.6) is 0 Å². The molecule has 4 rings (SSSR count). The molecule has 154 valence electrons. The number of amides is 1. The minimum absolute atomic E-state index is 0.00722. The molecule has 30 heavy (non-hydrogen) atoms. The Bertz CT molecular complexity index is 1180. The summed E-state index contributed by atoms with van der Waals surface area (Å²) >= 11 is 1.43. The van der Waals surface area contributed by atoms with Gasteiger partial charge in [0.2, 0.25) is 10.0 Å². The normalized spacial score (nSPS) is 13.8. The quantitative estimate of drug-likeness (QED) is 0.544. The lowest BCUT2D eigenvalue weighted by atomic mass is 10.1. The zero-order valence-electron chi connectivity index (χ0n) is 16.2. The van der Waals surface area contributed by atoms with Crippen LogP contribution < -0.4 is 10.0 Å². The fraction of sp³-hybridized carbons (Fsp3) is 0.190. The molecule has 1 aromatic heterocycles. The smallest absolute Gasteiger partial charge is 0.255 e. The summed E-state index contributed by atoms with van der Waals surface area (Å²) < 4.78 is 27.4. The summed E-state index contributed by atoms with van der Waals surface area (Å²) in [4.78, 5) is 22.1. The number of hydrogen-bond donors (Lipinski definition) is 2. The topological polar surface area (TPSA) is 101 Å². The van der Waals surface area contributed by atoms with Crippen molar-refractivity contribution in [3.05, 3.63) is 72.1 Å². The van der Waals surface area contributed by atoms with Gasteiger partial charge in [-0.1, -0.05) is 6.07 Å². The molecule has 0 radical (unpaired) electrons. The van der Waals surface area contributed by atoms with Gasteiger partial charge in [-0.25, -0.2) is 23.1 Å². The van der Waals surface area contributed by atoms with Gasteiger partial charge in [0, 0.05) is 34.6 Å². The molecule has 0 aliphatic heterocycles. The summed E-state index contributed by atoms with van der Waals surface area (Å²) in [5, 5.41) is 3.50. The monoisotopic (exact) mass is 440 g/mol. The van der Waals surface area contributed by atoms with E-state index in [1.54, 1.807) is 30.6 Å². The van der Waals surface area contributed by atoms with Gasteiger partial charge in [0.05, 0.1) is 4.90 Å². The van der Waals surface area contributed by atoms with Crippen LogP contribution in [0, 0.1) is 6.92 Å². The molecule has 0 spiro atoms. The predicted octanol–water partition coefficient (Wildman–Crippen LogP) is 3.63. The van der Waals surface area contributed by atoms with Crippen molar-refractivity contribution in [2.45, 2.75) is 40.8 Å². The average molecular weight is 441 g/mol. The first-order chi connectivity index (χ1) is 14.4. The van der Waals surface area contributed by atoms with Gasteiger partial charge in [-0.3, -0.25) is 4.79 Å². The molecule has 7 nitrogen and oxygen atoms in total. The van der Waals surface area contributed by atoms with Crippen molar-refractivity contribution in [2.75, 3.05) is 5.32 Å². The van der Waals surface area contributed by atoms with Crippen molar-refractivity contribution < 1.29 is 13.2 Å². The Labute approximate surface area is 179 Å². The highest BCUT2D eigenvalue weighted by molar-refractivity contribution is 7.99. The van der Waals surface area contributed by atoms with Crippen LogP contribution in [0.3, 0.4) is 0 Å². The van der Waals surface area contributed by atoms with E-state index >= 15 is 0 Å². The molecular weight excluding hydrogens is 420 g/mol. The van der Waals surface area contributed by atoms with Crippen molar-refractivity contribution in [1.82, 2.24) is 14.7 Å². The van der Waals surface area contributed by atoms with Crippen LogP contribution in [0.25, 0.3) is 0 Å². The van der Waals surface area contributed by atoms with E-state index in [2.05, 4.69) is 20.0 Å². The van der Waals surface area contributed by atoms with E-state index < -0.39 is 10.0 Å². The van der Waals surface area contributed by atoms with Gasteiger partial charge in [-0.2, -0.15) is 0 Å². The summed E-state index contributed by atoms with van der Waals surface area (Å²) in [6.45, 7) is 1.89. The Morgan fingerprint density at radius 3 is 2.53 bits per heavy atom. The molecule has 1 saturated carbocycles. The Hall–Kier alpha value is -2.75. The van der Waals surface area contributed by atoms with Crippen LogP contribution >= 0.6 is 11.8 Å². The third-order valence-electron chi connectivity index (χ3n) is 4.50. The number of hydrogen-bond acceptors (Lipinski definition) is 6. The van der Waals surface area contributed by atoms with Crippen LogP contribution in [0.1, 0.15) is 28.8 Å². The first-order valence-corrected chi connectivity index (χ1v) is 11.7. The molecular formula is C21H20N4O3S2. The summed E-state index contributed by atoms with van der Waals surface area (Å²) in [6, 6.07) is 13.5. The highest BCUT2D eigenvalue weighted by Gasteiger charge is 2.28. The molecule has 1 aliphatic carbocycles. The number of nitrogens with one attached hydrogen (secondary N) is 2. The van der Waals surface area contributed by atoms with Gasteiger partial charge in [0.15, 0.2) is 5.16 Å². The fourth-order valence-corrected chi connectivity index (χ4v) is 4.93. The number of aryl methyl sites for hydroxylation is 1. The highest BCUT2D eigenvalue weighted by atomic mass is 32.2. The lowest BCUT2D eigenvalue weighted by molar-refractivity contribution is 0.102. The van der Waals surface area contributed by atoms with E-state index in [1.165, 1.54) is 23.9 Å². The minimum atomic E-state index is -3.61. The number of anilines is 1. The first-order valence-electron chi connectivity index (χ1n) is 9.40. The maximum atomic E-state index is 12.7. The number of rotatable bonds is 7. The molecule has 1 fully saturated rings. The summed E-state index contributed by atoms with van der Waals surface area (Å²) in [5.41, 5.74) is 1.82. The molecule has 1 amide bonds. The number of nitrogens with zero attached hydrogens (tertiary/aromatic N) is 2. The largest absolute Gasteiger partial charge is 0.322 e. The molecule has 9 heteroatoms. The molecule has 1 aliphatic rings. The molecule has 0 saturated heterocycles. The van der Waals surface area contributed by atoms with Crippen molar-refractivity contribution in [3.63, 3.8) is 0 Å². The van der Waals surface area contributed by atoms with Gasteiger partial charge in [0.1, 0.15) is 0 Å². The molecule has 0 unspecified atom stereocenters.